The topological polar surface area (TPSA) is 94.2 Å². The highest BCUT2D eigenvalue weighted by Gasteiger charge is 2.39. The van der Waals surface area contributed by atoms with Gasteiger partial charge >= 0.3 is 18.2 Å². The van der Waals surface area contributed by atoms with Crippen LogP contribution in [0.3, 0.4) is 0 Å². The zero-order valence-electron chi connectivity index (χ0n) is 16.2. The largest absolute Gasteiger partial charge is 0.469 e. The fourth-order valence-corrected chi connectivity index (χ4v) is 2.47. The van der Waals surface area contributed by atoms with E-state index in [2.05, 4.69) is 5.32 Å². The maximum Gasteiger partial charge on any atom is 0.410 e. The molecule has 0 aromatic heterocycles. The van der Waals surface area contributed by atoms with E-state index in [1.807, 2.05) is 0 Å². The Balaban J connectivity index is 2.78. The van der Waals surface area contributed by atoms with Crippen molar-refractivity contribution in [2.75, 3.05) is 20.2 Å². The van der Waals surface area contributed by atoms with E-state index in [4.69, 9.17) is 14.2 Å². The van der Waals surface area contributed by atoms with Gasteiger partial charge in [0.25, 0.3) is 0 Å². The molecule has 2 atom stereocenters. The minimum atomic E-state index is -0.682. The number of esters is 1. The van der Waals surface area contributed by atoms with E-state index in [1.54, 1.807) is 41.5 Å². The highest BCUT2D eigenvalue weighted by molar-refractivity contribution is 5.77. The Hall–Kier alpha value is -1.99. The smallest absolute Gasteiger partial charge is 0.410 e. The van der Waals surface area contributed by atoms with E-state index in [1.165, 1.54) is 12.0 Å². The maximum atomic E-state index is 12.2. The first-order valence-electron chi connectivity index (χ1n) is 8.37. The molecule has 0 saturated carbocycles. The molecule has 1 aliphatic heterocycles. The third-order valence-corrected chi connectivity index (χ3v) is 3.47. The van der Waals surface area contributed by atoms with Crippen LogP contribution in [0.4, 0.5) is 9.59 Å². The average Bonchev–Trinajstić information content (AvgIpc) is 2.42. The van der Waals surface area contributed by atoms with Gasteiger partial charge in [-0.25, -0.2) is 9.59 Å². The summed E-state index contributed by atoms with van der Waals surface area (Å²) in [5.41, 5.74) is -1.26. The molecule has 1 aliphatic rings. The van der Waals surface area contributed by atoms with Gasteiger partial charge in [-0.1, -0.05) is 0 Å². The number of nitrogens with one attached hydrogen (secondary N) is 1. The summed E-state index contributed by atoms with van der Waals surface area (Å²) in [5.74, 6) is -1.17. The molecule has 2 unspecified atom stereocenters. The van der Waals surface area contributed by atoms with Crippen molar-refractivity contribution in [1.29, 1.82) is 0 Å². The van der Waals surface area contributed by atoms with Crippen molar-refractivity contribution in [3.8, 4) is 0 Å². The van der Waals surface area contributed by atoms with Crippen LogP contribution in [0, 0.1) is 5.92 Å². The van der Waals surface area contributed by atoms with Crippen LogP contribution in [-0.2, 0) is 19.0 Å². The molecule has 0 spiro atoms. The third kappa shape index (κ3) is 7.19. The number of piperidine rings is 1. The Labute approximate surface area is 149 Å². The molecule has 1 N–H and O–H groups in total. The van der Waals surface area contributed by atoms with Gasteiger partial charge in [0.05, 0.1) is 13.0 Å². The lowest BCUT2D eigenvalue weighted by atomic mass is 9.92. The summed E-state index contributed by atoms with van der Waals surface area (Å²) in [4.78, 5) is 37.8. The first kappa shape index (κ1) is 21.1. The predicted molar refractivity (Wildman–Crippen MR) is 91.1 cm³/mol. The van der Waals surface area contributed by atoms with E-state index in [-0.39, 0.29) is 6.54 Å². The molecule has 1 saturated heterocycles. The molecule has 0 radical (unpaired) electrons. The molecule has 144 valence electrons. The minimum absolute atomic E-state index is 0.113. The van der Waals surface area contributed by atoms with Crippen LogP contribution in [-0.4, -0.2) is 60.5 Å². The Morgan fingerprint density at radius 1 is 1.00 bits per heavy atom. The number of rotatable bonds is 2. The molecule has 8 nitrogen and oxygen atoms in total. The van der Waals surface area contributed by atoms with Crippen molar-refractivity contribution in [3.05, 3.63) is 0 Å². The lowest BCUT2D eigenvalue weighted by molar-refractivity contribution is -0.148. The van der Waals surface area contributed by atoms with Gasteiger partial charge in [0.1, 0.15) is 11.2 Å². The summed E-state index contributed by atoms with van der Waals surface area (Å²) in [6.45, 7) is 11.1. The molecule has 0 aromatic rings. The van der Waals surface area contributed by atoms with Gasteiger partial charge in [0.2, 0.25) is 0 Å². The Kier molecular flexibility index (Phi) is 6.68. The first-order valence-corrected chi connectivity index (χ1v) is 8.37. The lowest BCUT2D eigenvalue weighted by Gasteiger charge is -2.38. The molecule has 0 bridgehead atoms. The number of nitrogens with zero attached hydrogens (tertiary/aromatic N) is 1. The molecule has 8 heteroatoms. The van der Waals surface area contributed by atoms with Gasteiger partial charge in [-0.2, -0.15) is 0 Å². The number of hydrogen-bond donors (Lipinski definition) is 1. The summed E-state index contributed by atoms with van der Waals surface area (Å²) in [6.07, 6.45) is -0.688. The summed E-state index contributed by atoms with van der Waals surface area (Å²) in [7, 11) is 1.28. The average molecular weight is 358 g/mol. The molecule has 1 rings (SSSR count). The second kappa shape index (κ2) is 7.93. The Morgan fingerprint density at radius 3 is 2.04 bits per heavy atom. The van der Waals surface area contributed by atoms with Crippen molar-refractivity contribution in [3.63, 3.8) is 0 Å². The minimum Gasteiger partial charge on any atom is -0.469 e. The van der Waals surface area contributed by atoms with E-state index in [0.717, 1.165) is 0 Å². The van der Waals surface area contributed by atoms with Crippen molar-refractivity contribution in [2.45, 2.75) is 65.2 Å². The molecule has 1 fully saturated rings. The van der Waals surface area contributed by atoms with Gasteiger partial charge in [-0.15, -0.1) is 0 Å². The highest BCUT2D eigenvalue weighted by atomic mass is 16.6. The monoisotopic (exact) mass is 358 g/mol. The van der Waals surface area contributed by atoms with Crippen molar-refractivity contribution in [2.24, 2.45) is 5.92 Å². The fourth-order valence-electron chi connectivity index (χ4n) is 2.47. The number of alkyl carbamates (subject to hydrolysis) is 1. The Morgan fingerprint density at radius 2 is 1.56 bits per heavy atom. The van der Waals surface area contributed by atoms with Gasteiger partial charge in [-0.3, -0.25) is 4.79 Å². The number of hydrogen-bond acceptors (Lipinski definition) is 6. The van der Waals surface area contributed by atoms with E-state index in [9.17, 15) is 14.4 Å². The molecule has 0 aliphatic carbocycles. The van der Waals surface area contributed by atoms with Crippen LogP contribution in [0.2, 0.25) is 0 Å². The SMILES string of the molecule is COC(=O)C1CN(C(=O)OC(C)(C)C)CCC1NC(=O)OC(C)(C)C. The van der Waals surface area contributed by atoms with Crippen molar-refractivity contribution < 1.29 is 28.6 Å². The number of carbonyl (C=O) groups is 3. The van der Waals surface area contributed by atoms with Crippen LogP contribution >= 0.6 is 0 Å². The number of carbonyl (C=O) groups excluding carboxylic acids is 3. The fraction of sp³-hybridized carbons (Fsp3) is 0.824. The zero-order chi connectivity index (χ0) is 19.4. The van der Waals surface area contributed by atoms with Crippen LogP contribution in [0.15, 0.2) is 0 Å². The lowest BCUT2D eigenvalue weighted by Crippen LogP contribution is -2.56. The highest BCUT2D eigenvalue weighted by Crippen LogP contribution is 2.22. The summed E-state index contributed by atoms with van der Waals surface area (Å²) < 4.78 is 15.4. The van der Waals surface area contributed by atoms with Crippen molar-refractivity contribution >= 4 is 18.2 Å². The van der Waals surface area contributed by atoms with Gasteiger partial charge in [0.15, 0.2) is 0 Å². The summed E-state index contributed by atoms with van der Waals surface area (Å²) >= 11 is 0. The Bertz CT molecular complexity index is 506. The normalized spacial score (nSPS) is 21.3. The van der Waals surface area contributed by atoms with Gasteiger partial charge < -0.3 is 24.4 Å². The summed E-state index contributed by atoms with van der Waals surface area (Å²) in [6, 6.07) is -0.471. The zero-order valence-corrected chi connectivity index (χ0v) is 16.2. The third-order valence-electron chi connectivity index (χ3n) is 3.47. The molecule has 2 amide bonds. The molecular formula is C17H30N2O6. The van der Waals surface area contributed by atoms with Crippen LogP contribution in [0.1, 0.15) is 48.0 Å². The second-order valence-corrected chi connectivity index (χ2v) is 8.10. The standard InChI is InChI=1S/C17H30N2O6/c1-16(2,3)24-14(21)18-12-8-9-19(10-11(12)13(20)23-7)15(22)25-17(4,5)6/h11-12H,8-10H2,1-7H3,(H,18,21). The quantitative estimate of drug-likeness (QED) is 0.601. The van der Waals surface area contributed by atoms with E-state index < -0.39 is 41.3 Å². The molecule has 1 heterocycles. The molecular weight excluding hydrogens is 328 g/mol. The maximum absolute atomic E-state index is 12.2. The summed E-state index contributed by atoms with van der Waals surface area (Å²) in [5, 5.41) is 2.71. The number of methoxy groups -OCH3 is 1. The number of amides is 2. The van der Waals surface area contributed by atoms with Gasteiger partial charge in [0, 0.05) is 19.1 Å². The molecule has 0 aromatic carbocycles. The second-order valence-electron chi connectivity index (χ2n) is 8.10. The van der Waals surface area contributed by atoms with Gasteiger partial charge in [-0.05, 0) is 48.0 Å². The number of ether oxygens (including phenoxy) is 3. The van der Waals surface area contributed by atoms with Crippen molar-refractivity contribution in [1.82, 2.24) is 10.2 Å². The van der Waals surface area contributed by atoms with Crippen LogP contribution in [0.5, 0.6) is 0 Å². The van der Waals surface area contributed by atoms with E-state index >= 15 is 0 Å². The first-order chi connectivity index (χ1) is 11.3. The molecule has 25 heavy (non-hydrogen) atoms. The van der Waals surface area contributed by atoms with Crippen LogP contribution < -0.4 is 5.32 Å². The van der Waals surface area contributed by atoms with E-state index in [0.29, 0.717) is 13.0 Å². The predicted octanol–water partition coefficient (Wildman–Crippen LogP) is 2.31. The number of likely N-dealkylation sites (tertiary alicyclic amines) is 1. The van der Waals surface area contributed by atoms with Crippen LogP contribution in [0.25, 0.3) is 0 Å².